The lowest BCUT2D eigenvalue weighted by Crippen LogP contribution is -2.30. The Morgan fingerprint density at radius 3 is 0.817 bits per heavy atom. The maximum absolute atomic E-state index is 12.8. The van der Waals surface area contributed by atoms with Crippen LogP contribution >= 0.6 is 0 Å². The average Bonchev–Trinajstić information content (AvgIpc) is 3.23. The van der Waals surface area contributed by atoms with Crippen LogP contribution in [-0.4, -0.2) is 37.2 Å². The van der Waals surface area contributed by atoms with E-state index in [0.717, 1.165) is 63.7 Å². The van der Waals surface area contributed by atoms with Crippen LogP contribution in [0.4, 0.5) is 0 Å². The van der Waals surface area contributed by atoms with Gasteiger partial charge in [-0.05, 0) is 25.2 Å². The van der Waals surface area contributed by atoms with Gasteiger partial charge in [0.15, 0.2) is 6.10 Å². The van der Waals surface area contributed by atoms with E-state index in [4.69, 9.17) is 14.2 Å². The zero-order valence-corrected chi connectivity index (χ0v) is 40.9. The maximum Gasteiger partial charge on any atom is 0.306 e. The van der Waals surface area contributed by atoms with E-state index in [1.54, 1.807) is 0 Å². The summed E-state index contributed by atoms with van der Waals surface area (Å²) in [5.74, 6) is -0.0139. The Kier molecular flexibility index (Phi) is 47.2. The van der Waals surface area contributed by atoms with E-state index < -0.39 is 6.10 Å². The Morgan fingerprint density at radius 2 is 0.550 bits per heavy atom. The number of unbranched alkanes of at least 4 members (excludes halogenated alkanes) is 36. The Balaban J connectivity index is 4.31. The quantitative estimate of drug-likeness (QED) is 0.0345. The summed E-state index contributed by atoms with van der Waals surface area (Å²) in [5, 5.41) is 0. The molecule has 0 aliphatic carbocycles. The topological polar surface area (TPSA) is 78.9 Å². The molecule has 0 bridgehead atoms. The van der Waals surface area contributed by atoms with Crippen LogP contribution in [0.5, 0.6) is 0 Å². The zero-order valence-electron chi connectivity index (χ0n) is 40.9. The number of hydrogen-bond donors (Lipinski definition) is 0. The van der Waals surface area contributed by atoms with Gasteiger partial charge in [-0.3, -0.25) is 14.4 Å². The van der Waals surface area contributed by atoms with E-state index in [1.165, 1.54) is 199 Å². The molecule has 0 aromatic carbocycles. The number of carbonyl (C=O) groups is 3. The van der Waals surface area contributed by atoms with Gasteiger partial charge in [0, 0.05) is 19.3 Å². The Hall–Kier alpha value is -1.59. The van der Waals surface area contributed by atoms with Crippen LogP contribution in [0.15, 0.2) is 0 Å². The molecule has 0 fully saturated rings. The number of esters is 3. The first-order valence-corrected chi connectivity index (χ1v) is 26.9. The maximum atomic E-state index is 12.8. The van der Waals surface area contributed by atoms with Crippen LogP contribution in [0.1, 0.15) is 304 Å². The van der Waals surface area contributed by atoms with Crippen molar-refractivity contribution in [2.24, 2.45) is 5.92 Å². The summed E-state index contributed by atoms with van der Waals surface area (Å²) in [4.78, 5) is 38.0. The molecular formula is C54H104O6. The number of carbonyl (C=O) groups excluding carboxylic acids is 3. The molecule has 0 saturated heterocycles. The summed E-state index contributed by atoms with van der Waals surface area (Å²) in [7, 11) is 0. The summed E-state index contributed by atoms with van der Waals surface area (Å²) in [5.41, 5.74) is 0. The first-order valence-electron chi connectivity index (χ1n) is 26.9. The number of hydrogen-bond acceptors (Lipinski definition) is 6. The first kappa shape index (κ1) is 58.4. The van der Waals surface area contributed by atoms with Crippen molar-refractivity contribution in [1.29, 1.82) is 0 Å². The van der Waals surface area contributed by atoms with Crippen LogP contribution in [0.2, 0.25) is 0 Å². The second-order valence-corrected chi connectivity index (χ2v) is 19.0. The van der Waals surface area contributed by atoms with Crippen molar-refractivity contribution < 1.29 is 28.6 Å². The molecule has 60 heavy (non-hydrogen) atoms. The lowest BCUT2D eigenvalue weighted by Gasteiger charge is -2.18. The minimum absolute atomic E-state index is 0.0624. The highest BCUT2D eigenvalue weighted by Gasteiger charge is 2.19. The highest BCUT2D eigenvalue weighted by Crippen LogP contribution is 2.17. The normalized spacial score (nSPS) is 11.9. The highest BCUT2D eigenvalue weighted by molar-refractivity contribution is 5.71. The summed E-state index contributed by atoms with van der Waals surface area (Å²) >= 11 is 0. The van der Waals surface area contributed by atoms with Crippen molar-refractivity contribution in [3.8, 4) is 0 Å². The highest BCUT2D eigenvalue weighted by atomic mass is 16.6. The van der Waals surface area contributed by atoms with Gasteiger partial charge >= 0.3 is 17.9 Å². The van der Waals surface area contributed by atoms with Gasteiger partial charge in [0.2, 0.25) is 0 Å². The van der Waals surface area contributed by atoms with Crippen LogP contribution in [0, 0.1) is 5.92 Å². The fourth-order valence-corrected chi connectivity index (χ4v) is 8.22. The smallest absolute Gasteiger partial charge is 0.306 e. The van der Waals surface area contributed by atoms with Gasteiger partial charge in [-0.1, -0.05) is 265 Å². The number of ether oxygens (including phenoxy) is 3. The summed E-state index contributed by atoms with van der Waals surface area (Å²) in [6, 6.07) is 0. The van der Waals surface area contributed by atoms with Gasteiger partial charge in [0.05, 0.1) is 0 Å². The molecule has 0 aliphatic heterocycles. The van der Waals surface area contributed by atoms with Crippen LogP contribution in [0.3, 0.4) is 0 Å². The van der Waals surface area contributed by atoms with Gasteiger partial charge in [-0.15, -0.1) is 0 Å². The predicted molar refractivity (Wildman–Crippen MR) is 257 cm³/mol. The SMILES string of the molecule is CCCCCCCCCCCCCCCCC(=O)OC[C@@H](COC(=O)CCCCCCCCCCCCCC(C)C)OC(=O)CCCCCCCCCCCCCCCC. The third-order valence-corrected chi connectivity index (χ3v) is 12.3. The third kappa shape index (κ3) is 47.5. The lowest BCUT2D eigenvalue weighted by molar-refractivity contribution is -0.167. The summed E-state index contributed by atoms with van der Waals surface area (Å²) in [6.45, 7) is 9.03. The second-order valence-electron chi connectivity index (χ2n) is 19.0. The van der Waals surface area contributed by atoms with E-state index in [0.29, 0.717) is 19.3 Å². The molecule has 0 aromatic rings. The number of rotatable bonds is 49. The monoisotopic (exact) mass is 849 g/mol. The fourth-order valence-electron chi connectivity index (χ4n) is 8.22. The first-order chi connectivity index (χ1) is 29.4. The minimum atomic E-state index is -0.761. The molecule has 0 saturated carbocycles. The third-order valence-electron chi connectivity index (χ3n) is 12.3. The van der Waals surface area contributed by atoms with Crippen molar-refractivity contribution in [3.63, 3.8) is 0 Å². The van der Waals surface area contributed by atoms with Gasteiger partial charge in [0.1, 0.15) is 13.2 Å². The molecule has 1 atom stereocenters. The van der Waals surface area contributed by atoms with E-state index in [1.807, 2.05) is 0 Å². The van der Waals surface area contributed by atoms with Crippen molar-refractivity contribution in [2.45, 2.75) is 310 Å². The zero-order chi connectivity index (χ0) is 43.8. The van der Waals surface area contributed by atoms with E-state index >= 15 is 0 Å². The average molecular weight is 849 g/mol. The molecule has 6 heteroatoms. The van der Waals surface area contributed by atoms with Crippen LogP contribution in [0.25, 0.3) is 0 Å². The van der Waals surface area contributed by atoms with E-state index in [2.05, 4.69) is 27.7 Å². The standard InChI is InChI=1S/C54H104O6/c1-5-7-9-11-13-15-17-19-21-25-29-33-37-41-45-52(55)58-48-51(60-54(57)47-43-39-35-31-26-22-20-18-16-14-12-10-8-6-2)49-59-53(56)46-42-38-34-30-27-23-24-28-32-36-40-44-50(3)4/h50-51H,5-49H2,1-4H3/t51-/m0/s1. The largest absolute Gasteiger partial charge is 0.462 e. The Morgan fingerprint density at radius 1 is 0.317 bits per heavy atom. The molecule has 6 nitrogen and oxygen atoms in total. The van der Waals surface area contributed by atoms with Gasteiger partial charge in [-0.25, -0.2) is 0 Å². The lowest BCUT2D eigenvalue weighted by atomic mass is 10.0. The second kappa shape index (κ2) is 48.4. The van der Waals surface area contributed by atoms with Crippen LogP contribution in [-0.2, 0) is 28.6 Å². The molecule has 0 radical (unpaired) electrons. The van der Waals surface area contributed by atoms with Crippen molar-refractivity contribution >= 4 is 17.9 Å². The van der Waals surface area contributed by atoms with Gasteiger partial charge < -0.3 is 14.2 Å². The molecular weight excluding hydrogens is 745 g/mol. The van der Waals surface area contributed by atoms with E-state index in [-0.39, 0.29) is 31.1 Å². The van der Waals surface area contributed by atoms with Crippen molar-refractivity contribution in [2.75, 3.05) is 13.2 Å². The molecule has 0 rings (SSSR count). The van der Waals surface area contributed by atoms with Crippen LogP contribution < -0.4 is 0 Å². The summed E-state index contributed by atoms with van der Waals surface area (Å²) in [6.07, 6.45) is 50.8. The fraction of sp³-hybridized carbons (Fsp3) is 0.944. The Labute approximate surface area is 374 Å². The Bertz CT molecular complexity index is 903. The van der Waals surface area contributed by atoms with Gasteiger partial charge in [-0.2, -0.15) is 0 Å². The molecule has 0 aromatic heterocycles. The summed E-state index contributed by atoms with van der Waals surface area (Å²) < 4.78 is 16.8. The molecule has 0 spiro atoms. The van der Waals surface area contributed by atoms with Gasteiger partial charge in [0.25, 0.3) is 0 Å². The van der Waals surface area contributed by atoms with Crippen molar-refractivity contribution in [1.82, 2.24) is 0 Å². The van der Waals surface area contributed by atoms with E-state index in [9.17, 15) is 14.4 Å². The molecule has 0 aliphatic rings. The van der Waals surface area contributed by atoms with Crippen molar-refractivity contribution in [3.05, 3.63) is 0 Å². The molecule has 356 valence electrons. The molecule has 0 unspecified atom stereocenters. The predicted octanol–water partition coefficient (Wildman–Crippen LogP) is 17.5. The molecule has 0 amide bonds. The minimum Gasteiger partial charge on any atom is -0.462 e. The molecule has 0 heterocycles. The molecule has 0 N–H and O–H groups in total.